The number of carbonyl (C=O) groups is 2. The lowest BCUT2D eigenvalue weighted by Gasteiger charge is -2.41. The lowest BCUT2D eigenvalue weighted by Crippen LogP contribution is -2.38. The van der Waals surface area contributed by atoms with Crippen molar-refractivity contribution in [3.63, 3.8) is 0 Å². The van der Waals surface area contributed by atoms with Crippen LogP contribution in [0.4, 0.5) is 0 Å². The maximum absolute atomic E-state index is 11.3. The van der Waals surface area contributed by atoms with Gasteiger partial charge in [0, 0.05) is 20.2 Å². The van der Waals surface area contributed by atoms with Gasteiger partial charge in [-0.15, -0.1) is 0 Å². The summed E-state index contributed by atoms with van der Waals surface area (Å²) in [6, 6.07) is 0. The average Bonchev–Trinajstić information content (AvgIpc) is 2.30. The Bertz CT molecular complexity index is 367. The fourth-order valence-electron chi connectivity index (χ4n) is 2.71. The lowest BCUT2D eigenvalue weighted by molar-refractivity contribution is -0.139. The number of esters is 1. The van der Waals surface area contributed by atoms with E-state index in [2.05, 4.69) is 40.4 Å². The van der Waals surface area contributed by atoms with E-state index in [0.29, 0.717) is 12.1 Å². The first-order valence-corrected chi connectivity index (χ1v) is 10.7. The molecule has 0 saturated heterocycles. The van der Waals surface area contributed by atoms with Crippen molar-refractivity contribution < 1.29 is 19.4 Å². The fraction of sp³-hybridized carbons (Fsp3) is 0.733. The molecule has 0 amide bonds. The normalized spacial score (nSPS) is 14.3. The minimum absolute atomic E-state index is 0.230. The maximum Gasteiger partial charge on any atom is 0.331 e. The molecule has 0 fully saturated rings. The maximum atomic E-state index is 11.3. The molecule has 0 saturated carbocycles. The van der Waals surface area contributed by atoms with Gasteiger partial charge in [-0.05, 0) is 17.4 Å². The molecule has 4 nitrogen and oxygen atoms in total. The second kappa shape index (κ2) is 7.62. The van der Waals surface area contributed by atoms with Gasteiger partial charge in [0.1, 0.15) is 0 Å². The summed E-state index contributed by atoms with van der Waals surface area (Å²) in [6.45, 7) is 14.1. The number of hydrogen-bond donors (Lipinski definition) is 1. The molecule has 5 heteroatoms. The molecule has 1 atom stereocenters. The number of carboxylic acids is 1. The third-order valence-corrected chi connectivity index (χ3v) is 7.07. The second-order valence-corrected chi connectivity index (χ2v) is 12.3. The summed E-state index contributed by atoms with van der Waals surface area (Å²) in [4.78, 5) is 21.6. The fourth-order valence-corrected chi connectivity index (χ4v) is 6.24. The van der Waals surface area contributed by atoms with Gasteiger partial charge in [0.15, 0.2) is 0 Å². The summed E-state index contributed by atoms with van der Waals surface area (Å²) >= 11 is 0. The molecule has 0 aliphatic rings. The van der Waals surface area contributed by atoms with Crippen molar-refractivity contribution >= 4 is 20.0 Å². The van der Waals surface area contributed by atoms with E-state index in [0.717, 1.165) is 25.0 Å². The molecule has 0 spiro atoms. The van der Waals surface area contributed by atoms with Crippen molar-refractivity contribution in [1.29, 1.82) is 0 Å². The van der Waals surface area contributed by atoms with Crippen LogP contribution in [0.3, 0.4) is 0 Å². The average molecular weight is 300 g/mol. The van der Waals surface area contributed by atoms with Crippen LogP contribution in [0.1, 0.15) is 33.6 Å². The molecule has 0 aliphatic heterocycles. The first-order valence-electron chi connectivity index (χ1n) is 7.08. The van der Waals surface area contributed by atoms with Crippen LogP contribution in [0.25, 0.3) is 0 Å². The number of rotatable bonds is 8. The number of carboxylic acid groups (broad SMARTS) is 1. The van der Waals surface area contributed by atoms with E-state index in [9.17, 15) is 9.59 Å². The molecule has 0 aromatic carbocycles. The quantitative estimate of drug-likeness (QED) is 0.422. The number of aliphatic carboxylic acids is 1. The molecule has 0 aliphatic carbocycles. The first kappa shape index (κ1) is 18.9. The van der Waals surface area contributed by atoms with Crippen LogP contribution in [-0.4, -0.2) is 31.7 Å². The summed E-state index contributed by atoms with van der Waals surface area (Å²) < 4.78 is 5.09. The van der Waals surface area contributed by atoms with Crippen molar-refractivity contribution in [2.75, 3.05) is 6.61 Å². The summed E-state index contributed by atoms with van der Waals surface area (Å²) in [5, 5.41) is 8.43. The summed E-state index contributed by atoms with van der Waals surface area (Å²) in [5.41, 5.74) is 0.782. The van der Waals surface area contributed by atoms with Crippen LogP contribution in [-0.2, 0) is 14.3 Å². The van der Waals surface area contributed by atoms with Gasteiger partial charge in [0.05, 0.1) is 6.61 Å². The van der Waals surface area contributed by atoms with Crippen molar-refractivity contribution in [2.45, 2.75) is 58.8 Å². The van der Waals surface area contributed by atoms with E-state index >= 15 is 0 Å². The predicted molar refractivity (Wildman–Crippen MR) is 83.5 cm³/mol. The van der Waals surface area contributed by atoms with Crippen molar-refractivity contribution in [1.82, 2.24) is 0 Å². The van der Waals surface area contributed by atoms with Crippen LogP contribution in [0.15, 0.2) is 12.2 Å². The third-order valence-electron chi connectivity index (χ3n) is 3.91. The topological polar surface area (TPSA) is 63.6 Å². The highest BCUT2D eigenvalue weighted by Crippen LogP contribution is 2.44. The largest absolute Gasteiger partial charge is 0.478 e. The van der Waals surface area contributed by atoms with E-state index in [1.807, 2.05) is 0 Å². The zero-order valence-electron chi connectivity index (χ0n) is 13.5. The Labute approximate surface area is 123 Å². The Kier molecular flexibility index (Phi) is 7.20. The number of ether oxygens (including phenoxy) is 1. The molecule has 0 radical (unpaired) electrons. The number of hydrogen-bond acceptors (Lipinski definition) is 3. The molecule has 116 valence electrons. The summed E-state index contributed by atoms with van der Waals surface area (Å²) in [6.07, 6.45) is 3.68. The Morgan fingerprint density at radius 3 is 2.20 bits per heavy atom. The van der Waals surface area contributed by atoms with Crippen molar-refractivity contribution in [3.8, 4) is 0 Å². The monoisotopic (exact) mass is 300 g/mol. The Balaban J connectivity index is 4.51. The van der Waals surface area contributed by atoms with Gasteiger partial charge in [-0.1, -0.05) is 46.8 Å². The Morgan fingerprint density at radius 2 is 1.80 bits per heavy atom. The van der Waals surface area contributed by atoms with Gasteiger partial charge in [0.25, 0.3) is 0 Å². The van der Waals surface area contributed by atoms with Crippen LogP contribution in [0.2, 0.25) is 25.2 Å². The SMILES string of the molecule is CCC(C)(C)C(CCOC(=O)/C=C/C(=O)O)[Si](C)(C)C. The van der Waals surface area contributed by atoms with Crippen molar-refractivity contribution in [2.24, 2.45) is 5.41 Å². The molecular weight excluding hydrogens is 272 g/mol. The molecule has 0 aromatic heterocycles. The summed E-state index contributed by atoms with van der Waals surface area (Å²) in [7, 11) is -1.35. The van der Waals surface area contributed by atoms with Gasteiger partial charge in [0.2, 0.25) is 0 Å². The molecular formula is C15H28O4Si. The highest BCUT2D eigenvalue weighted by molar-refractivity contribution is 6.77. The molecule has 1 unspecified atom stereocenters. The van der Waals surface area contributed by atoms with Crippen LogP contribution >= 0.6 is 0 Å². The van der Waals surface area contributed by atoms with Crippen molar-refractivity contribution in [3.05, 3.63) is 12.2 Å². The summed E-state index contributed by atoms with van der Waals surface area (Å²) in [5.74, 6) is -1.73. The molecule has 0 rings (SSSR count). The predicted octanol–water partition coefficient (Wildman–Crippen LogP) is 3.71. The minimum Gasteiger partial charge on any atom is -0.478 e. The molecule has 0 aromatic rings. The zero-order valence-corrected chi connectivity index (χ0v) is 14.5. The minimum atomic E-state index is -1.35. The van der Waals surface area contributed by atoms with E-state index in [1.165, 1.54) is 0 Å². The third kappa shape index (κ3) is 6.89. The molecule has 0 heterocycles. The molecule has 20 heavy (non-hydrogen) atoms. The van der Waals surface area contributed by atoms with E-state index in [1.54, 1.807) is 0 Å². The lowest BCUT2D eigenvalue weighted by atomic mass is 9.84. The molecule has 1 N–H and O–H groups in total. The second-order valence-electron chi connectivity index (χ2n) is 6.89. The molecule has 0 bridgehead atoms. The van der Waals surface area contributed by atoms with Crippen LogP contribution in [0, 0.1) is 5.41 Å². The highest BCUT2D eigenvalue weighted by atomic mass is 28.3. The van der Waals surface area contributed by atoms with Crippen LogP contribution < -0.4 is 0 Å². The van der Waals surface area contributed by atoms with Gasteiger partial charge < -0.3 is 9.84 Å². The van der Waals surface area contributed by atoms with E-state index in [4.69, 9.17) is 9.84 Å². The smallest absolute Gasteiger partial charge is 0.331 e. The van der Waals surface area contributed by atoms with E-state index < -0.39 is 20.0 Å². The van der Waals surface area contributed by atoms with Gasteiger partial charge >= 0.3 is 11.9 Å². The Morgan fingerprint density at radius 1 is 1.25 bits per heavy atom. The standard InChI is InChI=1S/C15H28O4Si/c1-7-15(2,3)12(20(4,5)6)10-11-19-14(18)9-8-13(16)17/h8-9,12H,7,10-11H2,1-6H3,(H,16,17)/b9-8+. The van der Waals surface area contributed by atoms with Gasteiger partial charge in [-0.3, -0.25) is 0 Å². The number of carbonyl (C=O) groups excluding carboxylic acids is 1. The highest BCUT2D eigenvalue weighted by Gasteiger charge is 2.37. The van der Waals surface area contributed by atoms with Gasteiger partial charge in [-0.2, -0.15) is 0 Å². The van der Waals surface area contributed by atoms with Gasteiger partial charge in [-0.25, -0.2) is 9.59 Å². The van der Waals surface area contributed by atoms with E-state index in [-0.39, 0.29) is 5.41 Å². The van der Waals surface area contributed by atoms with Crippen LogP contribution in [0.5, 0.6) is 0 Å². The first-order chi connectivity index (χ1) is 9.00. The zero-order chi connectivity index (χ0) is 16.0. The Hall–Kier alpha value is -1.10.